The number of thioether (sulfide) groups is 2. The predicted octanol–water partition coefficient (Wildman–Crippen LogP) is 8.87. The van der Waals surface area contributed by atoms with E-state index in [-0.39, 0.29) is 40.0 Å². The van der Waals surface area contributed by atoms with Crippen molar-refractivity contribution in [1.29, 1.82) is 0 Å². The number of pyridine rings is 1. The van der Waals surface area contributed by atoms with Crippen molar-refractivity contribution in [2.45, 2.75) is 32.9 Å². The highest BCUT2D eigenvalue weighted by molar-refractivity contribution is 8.13. The van der Waals surface area contributed by atoms with Crippen LogP contribution in [0.15, 0.2) is 42.5 Å². The van der Waals surface area contributed by atoms with Gasteiger partial charge >= 0.3 is 6.18 Å². The first-order valence-corrected chi connectivity index (χ1v) is 14.9. The molecular weight excluding hydrogens is 641 g/mol. The minimum absolute atomic E-state index is 0.0352. The van der Waals surface area contributed by atoms with Crippen molar-refractivity contribution in [3.05, 3.63) is 85.7 Å². The minimum Gasteiger partial charge on any atom is -0.456 e. The maximum Gasteiger partial charge on any atom is 0.434 e. The lowest BCUT2D eigenvalue weighted by atomic mass is 9.92. The number of para-hydroxylation sites is 1. The fourth-order valence-corrected chi connectivity index (χ4v) is 4.75. The molecule has 0 amide bonds. The number of carbonyl (C=O) groups excluding carboxylic acids is 2. The number of carbonyl (C=O) groups is 2. The van der Waals surface area contributed by atoms with E-state index < -0.39 is 50.3 Å². The van der Waals surface area contributed by atoms with Crippen molar-refractivity contribution in [1.82, 2.24) is 4.98 Å². The Labute approximate surface area is 256 Å². The molecule has 0 spiro atoms. The Morgan fingerprint density at radius 2 is 1.60 bits per heavy atom. The summed E-state index contributed by atoms with van der Waals surface area (Å²) in [4.78, 5) is 37.4. The van der Waals surface area contributed by atoms with Gasteiger partial charge in [0.15, 0.2) is 5.69 Å². The second kappa shape index (κ2) is 15.3. The first-order valence-electron chi connectivity index (χ1n) is 12.1. The summed E-state index contributed by atoms with van der Waals surface area (Å²) in [5.41, 5.74) is 0.621. The molecule has 0 saturated carbocycles. The van der Waals surface area contributed by atoms with Crippen LogP contribution in [0.3, 0.4) is 0 Å². The SMILES string of the molecule is CSC(=O)c1c(C(F)F)nc(C(F)(F)F)c(C(=O)SC)c1CC(C)C.Nc1c([N+](=O)[O-])ccc(Oc2ccccc2)c1Cl. The van der Waals surface area contributed by atoms with Gasteiger partial charge < -0.3 is 10.5 Å². The maximum atomic E-state index is 13.4. The third-order valence-electron chi connectivity index (χ3n) is 5.48. The first-order chi connectivity index (χ1) is 20.0. The smallest absolute Gasteiger partial charge is 0.434 e. The van der Waals surface area contributed by atoms with Crippen LogP contribution in [-0.2, 0) is 12.6 Å². The molecule has 0 aliphatic heterocycles. The van der Waals surface area contributed by atoms with Crippen molar-refractivity contribution in [3.8, 4) is 11.5 Å². The number of rotatable bonds is 8. The van der Waals surface area contributed by atoms with Crippen molar-refractivity contribution in [3.63, 3.8) is 0 Å². The highest BCUT2D eigenvalue weighted by Crippen LogP contribution is 2.40. The molecule has 0 atom stereocenters. The molecule has 3 rings (SSSR count). The summed E-state index contributed by atoms with van der Waals surface area (Å²) in [5, 5.41) is 8.89. The molecule has 0 saturated heterocycles. The van der Waals surface area contributed by atoms with Crippen molar-refractivity contribution in [2.75, 3.05) is 18.2 Å². The monoisotopic (exact) mass is 665 g/mol. The molecule has 1 heterocycles. The largest absolute Gasteiger partial charge is 0.456 e. The van der Waals surface area contributed by atoms with Gasteiger partial charge in [0.05, 0.1) is 16.1 Å². The van der Waals surface area contributed by atoms with Gasteiger partial charge in [-0.05, 0) is 48.6 Å². The average Bonchev–Trinajstić information content (AvgIpc) is 2.94. The van der Waals surface area contributed by atoms with Gasteiger partial charge in [-0.1, -0.05) is 67.2 Å². The molecule has 0 fully saturated rings. The Bertz CT molecular complexity index is 1490. The Morgan fingerprint density at radius 3 is 2.07 bits per heavy atom. The summed E-state index contributed by atoms with van der Waals surface area (Å²) in [6.07, 6.45) is -6.01. The van der Waals surface area contributed by atoms with Gasteiger partial charge in [0.25, 0.3) is 12.1 Å². The van der Waals surface area contributed by atoms with Crippen LogP contribution in [0.2, 0.25) is 5.02 Å². The zero-order valence-electron chi connectivity index (χ0n) is 23.0. The number of ether oxygens (including phenoxy) is 1. The number of nitro benzene ring substituents is 1. The summed E-state index contributed by atoms with van der Waals surface area (Å²) in [5.74, 6) is 0.592. The molecule has 2 N–H and O–H groups in total. The fraction of sp³-hybridized carbons (Fsp3) is 0.296. The summed E-state index contributed by atoms with van der Waals surface area (Å²) in [7, 11) is 0. The number of nitrogen functional groups attached to an aromatic ring is 1. The Balaban J connectivity index is 0.000000315. The third-order valence-corrected chi connectivity index (χ3v) is 7.02. The Kier molecular flexibility index (Phi) is 12.8. The lowest BCUT2D eigenvalue weighted by Gasteiger charge is -2.21. The molecule has 8 nitrogen and oxygen atoms in total. The molecule has 2 aromatic carbocycles. The number of halogens is 6. The number of hydrogen-bond acceptors (Lipinski definition) is 9. The maximum absolute atomic E-state index is 13.4. The standard InChI is InChI=1S/C15H16F5NO2S2.C12H9ClN2O3/c1-6(2)5-7-8(13(22)24-3)10(12(16)17)21-11(15(18,19)20)9(7)14(23)25-4;13-11-10(18-8-4-2-1-3-5-8)7-6-9(12(11)14)15(16)17/h6,12H,5H2,1-4H3;1-7H,14H2. The number of nitrogens with two attached hydrogens (primary N) is 1. The average molecular weight is 666 g/mol. The Hall–Kier alpha value is -3.43. The van der Waals surface area contributed by atoms with E-state index in [9.17, 15) is 41.7 Å². The lowest BCUT2D eigenvalue weighted by Crippen LogP contribution is -2.23. The predicted molar refractivity (Wildman–Crippen MR) is 157 cm³/mol. The molecule has 16 heteroatoms. The second-order valence-corrected chi connectivity index (χ2v) is 10.9. The Morgan fingerprint density at radius 1 is 1.05 bits per heavy atom. The van der Waals surface area contributed by atoms with Gasteiger partial charge in [0, 0.05) is 6.07 Å². The van der Waals surface area contributed by atoms with Crippen LogP contribution in [0.1, 0.15) is 57.9 Å². The van der Waals surface area contributed by atoms with Crippen molar-refractivity contribution < 1.29 is 41.2 Å². The number of benzene rings is 2. The normalized spacial score (nSPS) is 11.3. The number of aromatic nitrogens is 1. The number of alkyl halides is 5. The van der Waals surface area contributed by atoms with E-state index in [2.05, 4.69) is 4.98 Å². The highest BCUT2D eigenvalue weighted by atomic mass is 35.5. The summed E-state index contributed by atoms with van der Waals surface area (Å²) >= 11 is 7.03. The van der Waals surface area contributed by atoms with Crippen molar-refractivity contribution >= 4 is 56.7 Å². The number of hydrogen-bond donors (Lipinski definition) is 1. The molecule has 0 bridgehead atoms. The van der Waals surface area contributed by atoms with Gasteiger partial charge in [-0.25, -0.2) is 13.8 Å². The van der Waals surface area contributed by atoms with Gasteiger partial charge in [0.1, 0.15) is 27.9 Å². The van der Waals surface area contributed by atoms with Crippen LogP contribution >= 0.6 is 35.1 Å². The van der Waals surface area contributed by atoms with Gasteiger partial charge in [-0.2, -0.15) is 13.2 Å². The quantitative estimate of drug-likeness (QED) is 0.109. The van der Waals surface area contributed by atoms with Gasteiger partial charge in [0.2, 0.25) is 10.2 Å². The molecule has 0 aliphatic carbocycles. The molecule has 0 unspecified atom stereocenters. The third kappa shape index (κ3) is 9.03. The van der Waals surface area contributed by atoms with Gasteiger partial charge in [-0.3, -0.25) is 19.7 Å². The number of nitrogens with zero attached hydrogens (tertiary/aromatic N) is 2. The van der Waals surface area contributed by atoms with Crippen LogP contribution < -0.4 is 10.5 Å². The van der Waals surface area contributed by atoms with E-state index in [0.717, 1.165) is 0 Å². The topological polar surface area (TPSA) is 125 Å². The molecule has 3 aromatic rings. The molecule has 1 aromatic heterocycles. The lowest BCUT2D eigenvalue weighted by molar-refractivity contribution is -0.383. The molecular formula is C27H25ClF5N3O5S2. The van der Waals surface area contributed by atoms with E-state index in [1.807, 2.05) is 6.07 Å². The van der Waals surface area contributed by atoms with Crippen LogP contribution in [0.25, 0.3) is 0 Å². The molecule has 232 valence electrons. The molecule has 43 heavy (non-hydrogen) atoms. The van der Waals surface area contributed by atoms with Crippen LogP contribution in [0.4, 0.5) is 33.3 Å². The van der Waals surface area contributed by atoms with E-state index >= 15 is 0 Å². The van der Waals surface area contributed by atoms with Crippen LogP contribution in [-0.4, -0.2) is 32.6 Å². The zero-order chi connectivity index (χ0) is 32.6. The first kappa shape index (κ1) is 35.8. The van der Waals surface area contributed by atoms with Crippen LogP contribution in [0, 0.1) is 16.0 Å². The zero-order valence-corrected chi connectivity index (χ0v) is 25.4. The second-order valence-electron chi connectivity index (χ2n) is 8.94. The molecule has 0 aliphatic rings. The number of anilines is 1. The van der Waals surface area contributed by atoms with E-state index in [1.54, 1.807) is 38.1 Å². The molecule has 0 radical (unpaired) electrons. The van der Waals surface area contributed by atoms with E-state index in [0.29, 0.717) is 29.3 Å². The van der Waals surface area contributed by atoms with E-state index in [4.69, 9.17) is 22.1 Å². The van der Waals surface area contributed by atoms with Gasteiger partial charge in [-0.15, -0.1) is 0 Å². The minimum atomic E-state index is -5.10. The fourth-order valence-electron chi connectivity index (χ4n) is 3.70. The summed E-state index contributed by atoms with van der Waals surface area (Å²) in [6, 6.07) is 11.6. The van der Waals surface area contributed by atoms with E-state index in [1.165, 1.54) is 24.6 Å². The summed E-state index contributed by atoms with van der Waals surface area (Å²) < 4.78 is 72.3. The van der Waals surface area contributed by atoms with Crippen LogP contribution in [0.5, 0.6) is 11.5 Å². The van der Waals surface area contributed by atoms with Crippen molar-refractivity contribution in [2.24, 2.45) is 5.92 Å². The highest BCUT2D eigenvalue weighted by Gasteiger charge is 2.42. The number of nitro groups is 1. The summed E-state index contributed by atoms with van der Waals surface area (Å²) in [6.45, 7) is 3.30.